The number of carbonyl (C=O) groups excluding carboxylic acids is 2. The van der Waals surface area contributed by atoms with Crippen molar-refractivity contribution in [1.82, 2.24) is 5.32 Å². The summed E-state index contributed by atoms with van der Waals surface area (Å²) in [5.41, 5.74) is 0. The second-order valence-corrected chi connectivity index (χ2v) is 18.7. The number of amides is 1. The van der Waals surface area contributed by atoms with Gasteiger partial charge in [-0.2, -0.15) is 0 Å². The molecule has 0 aromatic carbocycles. The van der Waals surface area contributed by atoms with E-state index >= 15 is 0 Å². The molecule has 0 aromatic heterocycles. The zero-order valence-corrected chi connectivity index (χ0v) is 37.0. The van der Waals surface area contributed by atoms with E-state index in [2.05, 4.69) is 47.4 Å². The number of hydrogen-bond acceptors (Lipinski definition) is 4. The monoisotopic (exact) mass is 746 g/mol. The van der Waals surface area contributed by atoms with E-state index in [0.717, 1.165) is 65.8 Å². The molecule has 0 aromatic rings. The minimum Gasteiger partial charge on any atom is -0.358 e. The van der Waals surface area contributed by atoms with Crippen LogP contribution in [0.3, 0.4) is 0 Å². The van der Waals surface area contributed by atoms with Crippen molar-refractivity contribution in [2.24, 2.45) is 0 Å². The van der Waals surface area contributed by atoms with Crippen molar-refractivity contribution in [1.29, 1.82) is 0 Å². The second kappa shape index (κ2) is 38.5. The van der Waals surface area contributed by atoms with Gasteiger partial charge in [0.25, 0.3) is 0 Å². The Morgan fingerprint density at radius 3 is 1.22 bits per heavy atom. The lowest BCUT2D eigenvalue weighted by Crippen LogP contribution is -2.41. The van der Waals surface area contributed by atoms with Crippen LogP contribution in [-0.4, -0.2) is 93.1 Å². The van der Waals surface area contributed by atoms with Crippen LogP contribution in [0.5, 0.6) is 0 Å². The van der Waals surface area contributed by atoms with Gasteiger partial charge in [-0.1, -0.05) is 138 Å². The molecule has 0 saturated carbocycles. The number of quaternary nitrogens is 2. The van der Waals surface area contributed by atoms with Crippen molar-refractivity contribution in [3.63, 3.8) is 0 Å². The van der Waals surface area contributed by atoms with Crippen LogP contribution in [0, 0.1) is 14.9 Å². The Bertz CT molecular complexity index is 673. The highest BCUT2D eigenvalue weighted by molar-refractivity contribution is 8.76. The van der Waals surface area contributed by atoms with Gasteiger partial charge in [0.2, 0.25) is 5.91 Å². The third-order valence-corrected chi connectivity index (χ3v) is 12.4. The molecule has 0 fully saturated rings. The van der Waals surface area contributed by atoms with Crippen LogP contribution in [-0.2, 0) is 9.59 Å². The molecule has 0 saturated heterocycles. The van der Waals surface area contributed by atoms with E-state index in [1.807, 2.05) is 21.6 Å². The van der Waals surface area contributed by atoms with Gasteiger partial charge in [0.05, 0.1) is 54.4 Å². The molecule has 302 valence electrons. The van der Waals surface area contributed by atoms with E-state index in [1.165, 1.54) is 142 Å². The summed E-state index contributed by atoms with van der Waals surface area (Å²) in [4.78, 5) is 24.7. The Morgan fingerprint density at radius 2 is 0.780 bits per heavy atom. The average Bonchev–Trinajstić information content (AvgIpc) is 3.03. The Kier molecular flexibility index (Phi) is 41.6. The van der Waals surface area contributed by atoms with Crippen molar-refractivity contribution in [3.8, 4) is 0 Å². The molecule has 7 heteroatoms. The largest absolute Gasteiger partial charge is 0.358 e. The molecule has 0 heterocycles. The number of rotatable bonds is 38. The highest BCUT2D eigenvalue weighted by Gasteiger charge is 2.16. The van der Waals surface area contributed by atoms with Crippen LogP contribution >= 0.6 is 21.6 Å². The number of Topliss-reactive ketones (excluding diaryl/α,β-unsaturated/α-hetero) is 1. The summed E-state index contributed by atoms with van der Waals surface area (Å²) in [6, 6.07) is 0. The highest BCUT2D eigenvalue weighted by atomic mass is 33.1. The first-order valence-electron chi connectivity index (χ1n) is 20.8. The number of carbonyl (C=O) groups is 2. The van der Waals surface area contributed by atoms with Gasteiger partial charge >= 0.3 is 0 Å². The number of unbranched alkanes of at least 4 members (excludes halogenated alkanes) is 18. The van der Waals surface area contributed by atoms with Gasteiger partial charge in [0.1, 0.15) is 5.78 Å². The first kappa shape index (κ1) is 54.1. The van der Waals surface area contributed by atoms with Crippen molar-refractivity contribution < 1.29 is 18.6 Å². The lowest BCUT2D eigenvalue weighted by molar-refractivity contribution is -0.890. The molecular formula is C43H91N3O2S2. The van der Waals surface area contributed by atoms with Crippen LogP contribution in [0.25, 0.3) is 0 Å². The van der Waals surface area contributed by atoms with E-state index in [-0.39, 0.29) is 20.8 Å². The summed E-state index contributed by atoms with van der Waals surface area (Å²) in [7, 11) is 12.9. The van der Waals surface area contributed by atoms with Crippen LogP contribution in [0.1, 0.15) is 181 Å². The van der Waals surface area contributed by atoms with E-state index in [1.54, 1.807) is 0 Å². The molecule has 0 radical (unpaired) electrons. The molecule has 0 unspecified atom stereocenters. The Morgan fingerprint density at radius 1 is 0.440 bits per heavy atom. The predicted octanol–water partition coefficient (Wildman–Crippen LogP) is 12.3. The third-order valence-electron chi connectivity index (χ3n) is 9.89. The van der Waals surface area contributed by atoms with Gasteiger partial charge in [-0.3, -0.25) is 9.59 Å². The molecule has 1 amide bonds. The lowest BCUT2D eigenvalue weighted by atomic mass is 10.1. The SMILES string of the molecule is CCCCCCCCCCCC[N+](C)(C)CCCC(=O)CCCSSCCNC(=O)CCC[N+](C)(C)CCCCCCCCCCCC.[CH3-].[CH3-]. The van der Waals surface area contributed by atoms with Crippen molar-refractivity contribution in [3.05, 3.63) is 14.9 Å². The molecule has 0 aliphatic carbocycles. The van der Waals surface area contributed by atoms with E-state index in [9.17, 15) is 9.59 Å². The highest BCUT2D eigenvalue weighted by Crippen LogP contribution is 2.22. The summed E-state index contributed by atoms with van der Waals surface area (Å²) < 4.78 is 2.07. The maximum absolute atomic E-state index is 12.4. The van der Waals surface area contributed by atoms with Gasteiger partial charge in [0, 0.05) is 50.2 Å². The Labute approximate surface area is 324 Å². The zero-order valence-electron chi connectivity index (χ0n) is 35.4. The summed E-state index contributed by atoms with van der Waals surface area (Å²) in [6.07, 6.45) is 32.7. The lowest BCUT2D eigenvalue weighted by Gasteiger charge is -2.29. The Hall–Kier alpha value is -0.240. The summed E-state index contributed by atoms with van der Waals surface area (Å²) >= 11 is 0. The number of ketones is 1. The fourth-order valence-electron chi connectivity index (χ4n) is 6.54. The van der Waals surface area contributed by atoms with Crippen molar-refractivity contribution in [2.75, 3.05) is 72.4 Å². The number of nitrogens with zero attached hydrogens (tertiary/aromatic N) is 2. The standard InChI is InChI=1S/C41H84N3O2S2.2CH3/c1-7-9-11-13-15-17-19-21-23-25-34-43(3,4)36-27-30-40(45)31-29-38-47-48-39-33-42-41(46)32-28-37-44(5,6)35-26-24-22-20-18-16-14-12-10-8-2;;/h7-39H2,1-6H3;2*1H3/q+1;2*-1/p+1. The topological polar surface area (TPSA) is 46.2 Å². The molecule has 0 spiro atoms. The predicted molar refractivity (Wildman–Crippen MR) is 231 cm³/mol. The molecule has 5 nitrogen and oxygen atoms in total. The summed E-state index contributed by atoms with van der Waals surface area (Å²) in [6.45, 7) is 9.93. The first-order valence-corrected chi connectivity index (χ1v) is 23.3. The fourth-order valence-corrected chi connectivity index (χ4v) is 8.54. The minimum absolute atomic E-state index is 0. The molecule has 0 aliphatic rings. The fraction of sp³-hybridized carbons (Fsp3) is 0.907. The van der Waals surface area contributed by atoms with Crippen molar-refractivity contribution in [2.45, 2.75) is 181 Å². The third kappa shape index (κ3) is 40.5. The van der Waals surface area contributed by atoms with Crippen LogP contribution in [0.2, 0.25) is 0 Å². The molecule has 50 heavy (non-hydrogen) atoms. The summed E-state index contributed by atoms with van der Waals surface area (Å²) in [5.74, 6) is 2.56. The zero-order chi connectivity index (χ0) is 35.6. The van der Waals surface area contributed by atoms with Gasteiger partial charge in [-0.05, 0) is 32.1 Å². The molecule has 0 bridgehead atoms. The summed E-state index contributed by atoms with van der Waals surface area (Å²) in [5, 5.41) is 3.10. The van der Waals surface area contributed by atoms with Crippen LogP contribution < -0.4 is 5.32 Å². The molecule has 1 N–H and O–H groups in total. The maximum Gasteiger partial charge on any atom is 0.220 e. The normalized spacial score (nSPS) is 11.6. The van der Waals surface area contributed by atoms with Crippen molar-refractivity contribution >= 4 is 33.3 Å². The quantitative estimate of drug-likeness (QED) is 0.0296. The molecule has 0 atom stereocenters. The van der Waals surface area contributed by atoms with Gasteiger partial charge in [-0.25, -0.2) is 0 Å². The smallest absolute Gasteiger partial charge is 0.220 e. The Balaban J connectivity index is -0.0000110. The maximum atomic E-state index is 12.4. The molecule has 0 rings (SSSR count). The second-order valence-electron chi connectivity index (χ2n) is 16.0. The molecular weight excluding hydrogens is 655 g/mol. The van der Waals surface area contributed by atoms with Crippen LogP contribution in [0.4, 0.5) is 0 Å². The van der Waals surface area contributed by atoms with Gasteiger partial charge in [0.15, 0.2) is 0 Å². The van der Waals surface area contributed by atoms with Crippen LogP contribution in [0.15, 0.2) is 0 Å². The first-order chi connectivity index (χ1) is 23.1. The van der Waals surface area contributed by atoms with Gasteiger partial charge in [-0.15, -0.1) is 0 Å². The number of nitrogens with one attached hydrogen (secondary N) is 1. The van der Waals surface area contributed by atoms with E-state index in [0.29, 0.717) is 18.6 Å². The van der Waals surface area contributed by atoms with E-state index in [4.69, 9.17) is 0 Å². The van der Waals surface area contributed by atoms with E-state index < -0.39 is 0 Å². The number of hydrogen-bond donors (Lipinski definition) is 1. The molecule has 0 aliphatic heterocycles. The minimum atomic E-state index is 0. The van der Waals surface area contributed by atoms with Gasteiger partial charge < -0.3 is 29.1 Å². The average molecular weight is 746 g/mol.